The molecule has 0 aromatic heterocycles. The molecule has 2 N–H and O–H groups in total. The number of ether oxygens (including phenoxy) is 1. The average molecular weight is 242 g/mol. The first-order valence-corrected chi connectivity index (χ1v) is 6.95. The van der Waals surface area contributed by atoms with Crippen LogP contribution in [-0.4, -0.2) is 43.3 Å². The number of hydrogen-bond donors (Lipinski definition) is 1. The molecule has 0 aromatic rings. The summed E-state index contributed by atoms with van der Waals surface area (Å²) in [5, 5.41) is 0. The van der Waals surface area contributed by atoms with Crippen LogP contribution in [0.1, 0.15) is 40.5 Å². The lowest BCUT2D eigenvalue weighted by atomic mass is 9.80. The summed E-state index contributed by atoms with van der Waals surface area (Å²) in [7, 11) is 1.78. The van der Waals surface area contributed by atoms with Gasteiger partial charge >= 0.3 is 0 Å². The van der Waals surface area contributed by atoms with Crippen molar-refractivity contribution in [2.75, 3.05) is 26.8 Å². The van der Waals surface area contributed by atoms with E-state index in [4.69, 9.17) is 10.5 Å². The number of nitrogens with zero attached hydrogens (tertiary/aromatic N) is 1. The van der Waals surface area contributed by atoms with E-state index in [2.05, 4.69) is 32.6 Å². The lowest BCUT2D eigenvalue weighted by molar-refractivity contribution is -0.0635. The number of hydrogen-bond acceptors (Lipinski definition) is 3. The number of methoxy groups -OCH3 is 1. The fraction of sp³-hybridized carbons (Fsp3) is 1.00. The van der Waals surface area contributed by atoms with Crippen LogP contribution in [-0.2, 0) is 4.74 Å². The number of nitrogens with two attached hydrogens (primary N) is 1. The summed E-state index contributed by atoms with van der Waals surface area (Å²) in [6, 6.07) is 0.602. The molecule has 3 heteroatoms. The van der Waals surface area contributed by atoms with Gasteiger partial charge in [-0.1, -0.05) is 20.8 Å². The van der Waals surface area contributed by atoms with Crippen LogP contribution in [0.2, 0.25) is 0 Å². The molecule has 1 heterocycles. The molecule has 1 fully saturated rings. The van der Waals surface area contributed by atoms with Crippen molar-refractivity contribution in [1.82, 2.24) is 4.90 Å². The van der Waals surface area contributed by atoms with E-state index < -0.39 is 0 Å². The summed E-state index contributed by atoms with van der Waals surface area (Å²) in [6.07, 6.45) is 2.62. The lowest BCUT2D eigenvalue weighted by Crippen LogP contribution is -2.65. The van der Waals surface area contributed by atoms with E-state index >= 15 is 0 Å². The quantitative estimate of drug-likeness (QED) is 0.802. The van der Waals surface area contributed by atoms with E-state index in [0.29, 0.717) is 18.5 Å². The fourth-order valence-electron chi connectivity index (χ4n) is 3.21. The van der Waals surface area contributed by atoms with Crippen LogP contribution in [0.5, 0.6) is 0 Å². The lowest BCUT2D eigenvalue weighted by Gasteiger charge is -2.52. The van der Waals surface area contributed by atoms with Gasteiger partial charge in [0.25, 0.3) is 0 Å². The van der Waals surface area contributed by atoms with Gasteiger partial charge in [0.05, 0.1) is 12.1 Å². The van der Waals surface area contributed by atoms with Gasteiger partial charge in [-0.15, -0.1) is 0 Å². The van der Waals surface area contributed by atoms with Gasteiger partial charge < -0.3 is 10.5 Å². The van der Waals surface area contributed by atoms with Gasteiger partial charge in [0.1, 0.15) is 0 Å². The summed E-state index contributed by atoms with van der Waals surface area (Å²) in [4.78, 5) is 2.61. The van der Waals surface area contributed by atoms with E-state index in [9.17, 15) is 0 Å². The Kier molecular flexibility index (Phi) is 5.42. The van der Waals surface area contributed by atoms with E-state index in [0.717, 1.165) is 19.1 Å². The Balaban J connectivity index is 2.95. The molecule has 1 aliphatic heterocycles. The molecule has 0 aliphatic carbocycles. The highest BCUT2D eigenvalue weighted by molar-refractivity contribution is 4.99. The minimum Gasteiger partial charge on any atom is -0.383 e. The SMILES string of the molecule is COCC(CN)(C(C)C)N1CCCC(C)C1C. The first-order chi connectivity index (χ1) is 7.99. The third-order valence-corrected chi connectivity index (χ3v) is 4.77. The minimum atomic E-state index is 0.00282. The molecule has 0 spiro atoms. The Morgan fingerprint density at radius 1 is 1.41 bits per heavy atom. The van der Waals surface area contributed by atoms with Gasteiger partial charge in [0.15, 0.2) is 0 Å². The highest BCUT2D eigenvalue weighted by atomic mass is 16.5. The Morgan fingerprint density at radius 3 is 2.53 bits per heavy atom. The van der Waals surface area contributed by atoms with E-state index in [1.165, 1.54) is 12.8 Å². The largest absolute Gasteiger partial charge is 0.383 e. The summed E-state index contributed by atoms with van der Waals surface area (Å²) in [5.41, 5.74) is 6.11. The normalized spacial score (nSPS) is 30.5. The van der Waals surface area contributed by atoms with Crippen LogP contribution < -0.4 is 5.73 Å². The Labute approximate surface area is 107 Å². The highest BCUT2D eigenvalue weighted by Gasteiger charge is 2.43. The number of rotatable bonds is 5. The molecule has 1 aliphatic rings. The molecule has 1 rings (SSSR count). The average Bonchev–Trinajstić information content (AvgIpc) is 2.30. The summed E-state index contributed by atoms with van der Waals surface area (Å²) in [6.45, 7) is 11.8. The van der Waals surface area contributed by atoms with Crippen LogP contribution in [0.15, 0.2) is 0 Å². The minimum absolute atomic E-state index is 0.00282. The third kappa shape index (κ3) is 2.83. The molecule has 17 heavy (non-hydrogen) atoms. The van der Waals surface area contributed by atoms with Gasteiger partial charge in [-0.05, 0) is 38.1 Å². The van der Waals surface area contributed by atoms with E-state index in [1.807, 2.05) is 0 Å². The Bertz CT molecular complexity index is 232. The van der Waals surface area contributed by atoms with Crippen LogP contribution >= 0.6 is 0 Å². The monoisotopic (exact) mass is 242 g/mol. The molecule has 0 bridgehead atoms. The maximum atomic E-state index is 6.11. The Hall–Kier alpha value is -0.120. The molecule has 3 unspecified atom stereocenters. The molecule has 0 amide bonds. The zero-order valence-corrected chi connectivity index (χ0v) is 12.2. The first-order valence-electron chi connectivity index (χ1n) is 6.95. The summed E-state index contributed by atoms with van der Waals surface area (Å²) in [5.74, 6) is 1.27. The smallest absolute Gasteiger partial charge is 0.0661 e. The molecule has 3 nitrogen and oxygen atoms in total. The van der Waals surface area contributed by atoms with Crippen molar-refractivity contribution in [3.8, 4) is 0 Å². The van der Waals surface area contributed by atoms with Gasteiger partial charge in [-0.3, -0.25) is 4.90 Å². The van der Waals surface area contributed by atoms with Crippen molar-refractivity contribution in [3.63, 3.8) is 0 Å². The Morgan fingerprint density at radius 2 is 2.06 bits per heavy atom. The zero-order valence-electron chi connectivity index (χ0n) is 12.2. The standard InChI is InChI=1S/C14H30N2O/c1-11(2)14(9-15,10-17-5)16-8-6-7-12(3)13(16)4/h11-13H,6-10,15H2,1-5H3. The molecule has 1 saturated heterocycles. The molecule has 102 valence electrons. The van der Waals surface area contributed by atoms with Crippen LogP contribution in [0.3, 0.4) is 0 Å². The summed E-state index contributed by atoms with van der Waals surface area (Å²) < 4.78 is 5.47. The van der Waals surface area contributed by atoms with Crippen molar-refractivity contribution < 1.29 is 4.74 Å². The third-order valence-electron chi connectivity index (χ3n) is 4.77. The van der Waals surface area contributed by atoms with E-state index in [-0.39, 0.29) is 5.54 Å². The molecule has 0 saturated carbocycles. The first kappa shape index (κ1) is 14.9. The second kappa shape index (κ2) is 6.17. The van der Waals surface area contributed by atoms with Crippen molar-refractivity contribution in [2.45, 2.75) is 52.1 Å². The molecule has 0 radical (unpaired) electrons. The zero-order chi connectivity index (χ0) is 13.1. The fourth-order valence-corrected chi connectivity index (χ4v) is 3.21. The van der Waals surface area contributed by atoms with Crippen molar-refractivity contribution >= 4 is 0 Å². The molecular weight excluding hydrogens is 212 g/mol. The number of piperidine rings is 1. The van der Waals surface area contributed by atoms with Gasteiger partial charge in [-0.25, -0.2) is 0 Å². The summed E-state index contributed by atoms with van der Waals surface area (Å²) >= 11 is 0. The topological polar surface area (TPSA) is 38.5 Å². The molecular formula is C14H30N2O. The van der Waals surface area contributed by atoms with Gasteiger partial charge in [0, 0.05) is 19.7 Å². The maximum Gasteiger partial charge on any atom is 0.0661 e. The number of likely N-dealkylation sites (tertiary alicyclic amines) is 1. The van der Waals surface area contributed by atoms with Crippen molar-refractivity contribution in [3.05, 3.63) is 0 Å². The van der Waals surface area contributed by atoms with Gasteiger partial charge in [0.2, 0.25) is 0 Å². The maximum absolute atomic E-state index is 6.11. The van der Waals surface area contributed by atoms with Crippen LogP contribution in [0.25, 0.3) is 0 Å². The predicted molar refractivity (Wildman–Crippen MR) is 73.1 cm³/mol. The molecule has 0 aromatic carbocycles. The molecule has 3 atom stereocenters. The van der Waals surface area contributed by atoms with Gasteiger partial charge in [-0.2, -0.15) is 0 Å². The van der Waals surface area contributed by atoms with Crippen molar-refractivity contribution in [1.29, 1.82) is 0 Å². The predicted octanol–water partition coefficient (Wildman–Crippen LogP) is 2.11. The second-order valence-corrected chi connectivity index (χ2v) is 5.95. The second-order valence-electron chi connectivity index (χ2n) is 5.95. The van der Waals surface area contributed by atoms with E-state index in [1.54, 1.807) is 7.11 Å². The highest BCUT2D eigenvalue weighted by Crippen LogP contribution is 2.33. The van der Waals surface area contributed by atoms with Crippen molar-refractivity contribution in [2.24, 2.45) is 17.6 Å². The van der Waals surface area contributed by atoms with Crippen LogP contribution in [0.4, 0.5) is 0 Å². The van der Waals surface area contributed by atoms with Crippen LogP contribution in [0, 0.1) is 11.8 Å².